The minimum atomic E-state index is -0.495. The molecule has 10 heteroatoms. The summed E-state index contributed by atoms with van der Waals surface area (Å²) in [5, 5.41) is 13.0. The number of thiophene rings is 1. The Bertz CT molecular complexity index is 1340. The molecule has 0 radical (unpaired) electrons. The van der Waals surface area contributed by atoms with Crippen molar-refractivity contribution in [3.05, 3.63) is 97.5 Å². The van der Waals surface area contributed by atoms with E-state index in [0.717, 1.165) is 18.5 Å². The van der Waals surface area contributed by atoms with Gasteiger partial charge in [0.05, 0.1) is 11.0 Å². The van der Waals surface area contributed by atoms with Gasteiger partial charge in [-0.25, -0.2) is 4.39 Å². The summed E-state index contributed by atoms with van der Waals surface area (Å²) in [7, 11) is 0. The first-order chi connectivity index (χ1) is 18.3. The topological polar surface area (TPSA) is 87.0 Å². The lowest BCUT2D eigenvalue weighted by molar-refractivity contribution is -0.384. The van der Waals surface area contributed by atoms with E-state index in [1.54, 1.807) is 33.3 Å². The lowest BCUT2D eigenvalue weighted by atomic mass is 9.93. The number of nitro groups is 1. The molecule has 2 amide bonds. The molecule has 1 saturated heterocycles. The maximum absolute atomic E-state index is 14.1. The van der Waals surface area contributed by atoms with Gasteiger partial charge in [-0.2, -0.15) is 0 Å². The Labute approximate surface area is 224 Å². The number of nitrogens with zero attached hydrogens (tertiary/aromatic N) is 4. The number of rotatable bonds is 6. The first-order valence-electron chi connectivity index (χ1n) is 12.7. The van der Waals surface area contributed by atoms with Gasteiger partial charge in [0.1, 0.15) is 5.82 Å². The fourth-order valence-electron chi connectivity index (χ4n) is 5.45. The smallest absolute Gasteiger partial charge is 0.269 e. The molecular weight excluding hydrogens is 507 g/mol. The van der Waals surface area contributed by atoms with Crippen LogP contribution in [0.1, 0.15) is 45.7 Å². The van der Waals surface area contributed by atoms with Crippen LogP contribution in [0.3, 0.4) is 0 Å². The second-order valence-corrected chi connectivity index (χ2v) is 10.8. The van der Waals surface area contributed by atoms with Gasteiger partial charge in [0.15, 0.2) is 0 Å². The van der Waals surface area contributed by atoms with Crippen LogP contribution in [0.2, 0.25) is 0 Å². The minimum absolute atomic E-state index is 0.0355. The summed E-state index contributed by atoms with van der Waals surface area (Å²) in [6.07, 6.45) is 1.25. The van der Waals surface area contributed by atoms with Crippen LogP contribution in [0.15, 0.2) is 60.0 Å². The molecule has 2 aliphatic heterocycles. The molecule has 2 atom stereocenters. The number of non-ortho nitro benzene ring substituents is 1. The summed E-state index contributed by atoms with van der Waals surface area (Å²) in [4.78, 5) is 43.7. The molecule has 1 aromatic heterocycles. The van der Waals surface area contributed by atoms with E-state index < -0.39 is 4.92 Å². The maximum atomic E-state index is 14.1. The van der Waals surface area contributed by atoms with Gasteiger partial charge in [0, 0.05) is 67.8 Å². The number of carbonyl (C=O) groups excluding carboxylic acids is 2. The van der Waals surface area contributed by atoms with Crippen molar-refractivity contribution < 1.29 is 18.9 Å². The van der Waals surface area contributed by atoms with Crippen molar-refractivity contribution in [1.29, 1.82) is 0 Å². The zero-order chi connectivity index (χ0) is 26.8. The van der Waals surface area contributed by atoms with Crippen LogP contribution in [0.4, 0.5) is 10.1 Å². The number of amides is 2. The molecule has 0 N–H and O–H groups in total. The number of nitro benzene ring substituents is 1. The quantitative estimate of drug-likeness (QED) is 0.342. The third-order valence-electron chi connectivity index (χ3n) is 7.41. The predicted octanol–water partition coefficient (Wildman–Crippen LogP) is 4.51. The van der Waals surface area contributed by atoms with Gasteiger partial charge in [-0.1, -0.05) is 12.1 Å². The summed E-state index contributed by atoms with van der Waals surface area (Å²) < 4.78 is 14.1. The molecule has 0 aliphatic carbocycles. The van der Waals surface area contributed by atoms with E-state index in [2.05, 4.69) is 16.3 Å². The molecule has 0 bridgehead atoms. The van der Waals surface area contributed by atoms with E-state index in [-0.39, 0.29) is 35.4 Å². The molecule has 3 aromatic rings. The van der Waals surface area contributed by atoms with E-state index in [9.17, 15) is 24.1 Å². The van der Waals surface area contributed by atoms with Gasteiger partial charge < -0.3 is 9.80 Å². The number of halogens is 1. The molecule has 3 heterocycles. The van der Waals surface area contributed by atoms with Crippen molar-refractivity contribution in [2.45, 2.75) is 31.8 Å². The first-order valence-corrected chi connectivity index (χ1v) is 13.6. The summed E-state index contributed by atoms with van der Waals surface area (Å²) in [5.74, 6) is -0.429. The summed E-state index contributed by atoms with van der Waals surface area (Å²) in [5.41, 5.74) is 2.41. The SMILES string of the molecule is C[C@H]1CN(C(=O)CCN2CCc3sccc3[C@@H]2c2cccc(F)c2)CCN1C(=O)c1ccc([N+](=O)[O-])cc1. The van der Waals surface area contributed by atoms with Crippen LogP contribution >= 0.6 is 11.3 Å². The molecular formula is C28H29FN4O4S. The number of piperazine rings is 1. The molecule has 2 aliphatic rings. The molecule has 0 saturated carbocycles. The van der Waals surface area contributed by atoms with Gasteiger partial charge in [0.2, 0.25) is 5.91 Å². The number of carbonyl (C=O) groups is 2. The predicted molar refractivity (Wildman–Crippen MR) is 143 cm³/mol. The Morgan fingerprint density at radius 3 is 2.61 bits per heavy atom. The van der Waals surface area contributed by atoms with Crippen LogP contribution in [-0.2, 0) is 11.2 Å². The Morgan fingerprint density at radius 1 is 1.11 bits per heavy atom. The second kappa shape index (κ2) is 11.0. The summed E-state index contributed by atoms with van der Waals surface area (Å²) in [6, 6.07) is 14.1. The molecule has 8 nitrogen and oxygen atoms in total. The monoisotopic (exact) mass is 536 g/mol. The Balaban J connectivity index is 1.21. The van der Waals surface area contributed by atoms with Gasteiger partial charge in [-0.05, 0) is 60.2 Å². The zero-order valence-corrected chi connectivity index (χ0v) is 21.9. The largest absolute Gasteiger partial charge is 0.339 e. The van der Waals surface area contributed by atoms with Crippen molar-refractivity contribution in [2.24, 2.45) is 0 Å². The Kier molecular flexibility index (Phi) is 7.53. The van der Waals surface area contributed by atoms with Gasteiger partial charge in [-0.15, -0.1) is 11.3 Å². The summed E-state index contributed by atoms with van der Waals surface area (Å²) in [6.45, 7) is 4.53. The molecule has 198 valence electrons. The average molecular weight is 537 g/mol. The Hall–Kier alpha value is -3.63. The molecule has 5 rings (SSSR count). The number of fused-ring (bicyclic) bond motifs is 1. The lowest BCUT2D eigenvalue weighted by Gasteiger charge is -2.41. The van der Waals surface area contributed by atoms with Gasteiger partial charge >= 0.3 is 0 Å². The van der Waals surface area contributed by atoms with Crippen LogP contribution in [0, 0.1) is 15.9 Å². The number of hydrogen-bond donors (Lipinski definition) is 0. The number of benzene rings is 2. The average Bonchev–Trinajstić information content (AvgIpc) is 3.40. The highest BCUT2D eigenvalue weighted by Crippen LogP contribution is 2.38. The molecule has 0 spiro atoms. The van der Waals surface area contributed by atoms with Gasteiger partial charge in [0.25, 0.3) is 11.6 Å². The van der Waals surface area contributed by atoms with Crippen LogP contribution in [0.25, 0.3) is 0 Å². The fourth-order valence-corrected chi connectivity index (χ4v) is 6.35. The van der Waals surface area contributed by atoms with Crippen molar-refractivity contribution in [3.8, 4) is 0 Å². The van der Waals surface area contributed by atoms with Crippen LogP contribution < -0.4 is 0 Å². The van der Waals surface area contributed by atoms with E-state index in [0.29, 0.717) is 38.2 Å². The maximum Gasteiger partial charge on any atom is 0.269 e. The van der Waals surface area contributed by atoms with Crippen LogP contribution in [-0.4, -0.2) is 70.2 Å². The highest BCUT2D eigenvalue weighted by atomic mass is 32.1. The van der Waals surface area contributed by atoms with E-state index in [4.69, 9.17) is 0 Å². The number of hydrogen-bond acceptors (Lipinski definition) is 6. The molecule has 0 unspecified atom stereocenters. The molecule has 2 aromatic carbocycles. The molecule has 38 heavy (non-hydrogen) atoms. The minimum Gasteiger partial charge on any atom is -0.339 e. The Morgan fingerprint density at radius 2 is 1.89 bits per heavy atom. The molecule has 1 fully saturated rings. The van der Waals surface area contributed by atoms with Crippen molar-refractivity contribution >= 4 is 28.8 Å². The highest BCUT2D eigenvalue weighted by Gasteiger charge is 2.33. The first kappa shape index (κ1) is 26.0. The fraction of sp³-hybridized carbons (Fsp3) is 0.357. The third kappa shape index (κ3) is 5.32. The highest BCUT2D eigenvalue weighted by molar-refractivity contribution is 7.10. The second-order valence-electron chi connectivity index (χ2n) is 9.78. The van der Waals surface area contributed by atoms with Crippen molar-refractivity contribution in [3.63, 3.8) is 0 Å². The zero-order valence-electron chi connectivity index (χ0n) is 21.1. The van der Waals surface area contributed by atoms with E-state index in [1.807, 2.05) is 13.0 Å². The van der Waals surface area contributed by atoms with Crippen molar-refractivity contribution in [2.75, 3.05) is 32.7 Å². The van der Waals surface area contributed by atoms with Crippen molar-refractivity contribution in [1.82, 2.24) is 14.7 Å². The van der Waals surface area contributed by atoms with Gasteiger partial charge in [-0.3, -0.25) is 24.6 Å². The van der Waals surface area contributed by atoms with E-state index in [1.165, 1.54) is 40.8 Å². The normalized spacial score (nSPS) is 19.7. The third-order valence-corrected chi connectivity index (χ3v) is 8.41. The lowest BCUT2D eigenvalue weighted by Crippen LogP contribution is -2.55. The summed E-state index contributed by atoms with van der Waals surface area (Å²) >= 11 is 1.72. The standard InChI is InChI=1S/C28H29FN4O4S/c1-19-18-31(14-15-32(19)28(35)20-5-7-23(8-6-20)33(36)37)26(34)10-13-30-12-9-25-24(11-16-38-25)27(30)21-3-2-4-22(29)17-21/h2-8,11,16-17,19,27H,9-10,12-15,18H2,1H3/t19-,27-/m0/s1. The van der Waals surface area contributed by atoms with E-state index >= 15 is 0 Å². The van der Waals surface area contributed by atoms with Crippen LogP contribution in [0.5, 0.6) is 0 Å².